The van der Waals surface area contributed by atoms with Crippen LogP contribution in [0.3, 0.4) is 0 Å². The molecule has 0 spiro atoms. The Bertz CT molecular complexity index is 668. The summed E-state index contributed by atoms with van der Waals surface area (Å²) in [6.45, 7) is 5.11. The quantitative estimate of drug-likeness (QED) is 0.773. The van der Waals surface area contributed by atoms with Gasteiger partial charge in [0.25, 0.3) is 0 Å². The number of para-hydroxylation sites is 1. The number of hydrogen-bond acceptors (Lipinski definition) is 3. The molecule has 1 amide bonds. The summed E-state index contributed by atoms with van der Waals surface area (Å²) >= 11 is 0. The van der Waals surface area contributed by atoms with Crippen molar-refractivity contribution in [3.8, 4) is 5.75 Å². The monoisotopic (exact) mass is 312 g/mol. The fraction of sp³-hybridized carbons (Fsp3) is 0.316. The van der Waals surface area contributed by atoms with Gasteiger partial charge in [-0.2, -0.15) is 0 Å². The van der Waals surface area contributed by atoms with Gasteiger partial charge in [0.2, 0.25) is 5.91 Å². The van der Waals surface area contributed by atoms with E-state index in [0.29, 0.717) is 6.54 Å². The van der Waals surface area contributed by atoms with E-state index in [0.717, 1.165) is 30.0 Å². The highest BCUT2D eigenvalue weighted by atomic mass is 16.5. The average molecular weight is 312 g/mol. The summed E-state index contributed by atoms with van der Waals surface area (Å²) < 4.78 is 5.32. The molecule has 0 bridgehead atoms. The molecular formula is C19H24N2O2. The van der Waals surface area contributed by atoms with Gasteiger partial charge in [-0.1, -0.05) is 24.3 Å². The number of hydrogen-bond donors (Lipinski definition) is 2. The Morgan fingerprint density at radius 1 is 1.09 bits per heavy atom. The van der Waals surface area contributed by atoms with Crippen LogP contribution in [0.2, 0.25) is 0 Å². The van der Waals surface area contributed by atoms with Crippen LogP contribution in [0.5, 0.6) is 5.75 Å². The van der Waals surface area contributed by atoms with Gasteiger partial charge in [-0.05, 0) is 61.7 Å². The van der Waals surface area contributed by atoms with Crippen LogP contribution in [0.1, 0.15) is 16.7 Å². The second-order valence-electron chi connectivity index (χ2n) is 5.59. The lowest BCUT2D eigenvalue weighted by atomic mass is 10.1. The molecule has 0 heterocycles. The predicted molar refractivity (Wildman–Crippen MR) is 94.1 cm³/mol. The van der Waals surface area contributed by atoms with E-state index in [4.69, 9.17) is 4.74 Å². The largest absolute Gasteiger partial charge is 0.496 e. The molecule has 4 heteroatoms. The van der Waals surface area contributed by atoms with Crippen molar-refractivity contribution < 1.29 is 9.53 Å². The Balaban J connectivity index is 1.75. The number of anilines is 1. The lowest BCUT2D eigenvalue weighted by Crippen LogP contribution is -2.29. The van der Waals surface area contributed by atoms with Crippen LogP contribution in [0.25, 0.3) is 0 Å². The van der Waals surface area contributed by atoms with Crippen molar-refractivity contribution in [1.29, 1.82) is 0 Å². The molecule has 0 aliphatic heterocycles. The number of carbonyl (C=O) groups excluding carboxylic acids is 1. The van der Waals surface area contributed by atoms with E-state index in [1.54, 1.807) is 7.11 Å². The molecule has 0 aromatic heterocycles. The van der Waals surface area contributed by atoms with Gasteiger partial charge in [0.15, 0.2) is 0 Å². The lowest BCUT2D eigenvalue weighted by molar-refractivity contribution is -0.115. The van der Waals surface area contributed by atoms with E-state index in [-0.39, 0.29) is 5.91 Å². The first kappa shape index (κ1) is 17.0. The van der Waals surface area contributed by atoms with Crippen LogP contribution in [-0.2, 0) is 11.2 Å². The second kappa shape index (κ2) is 8.34. The van der Waals surface area contributed by atoms with Gasteiger partial charge in [-0.15, -0.1) is 0 Å². The SMILES string of the molecule is COc1ccccc1CCNCC(=O)Nc1ccc(C)c(C)c1. The van der Waals surface area contributed by atoms with E-state index in [2.05, 4.69) is 17.6 Å². The summed E-state index contributed by atoms with van der Waals surface area (Å²) in [7, 11) is 1.67. The standard InChI is InChI=1S/C19H24N2O2/c1-14-8-9-17(12-15(14)2)21-19(22)13-20-11-10-16-6-4-5-7-18(16)23-3/h4-9,12,20H,10-11,13H2,1-3H3,(H,21,22). The highest BCUT2D eigenvalue weighted by Gasteiger charge is 2.04. The Morgan fingerprint density at radius 2 is 1.87 bits per heavy atom. The van der Waals surface area contributed by atoms with Crippen molar-refractivity contribution >= 4 is 11.6 Å². The van der Waals surface area contributed by atoms with Crippen LogP contribution >= 0.6 is 0 Å². The van der Waals surface area contributed by atoms with Gasteiger partial charge in [0.05, 0.1) is 13.7 Å². The molecule has 0 aliphatic carbocycles. The molecule has 122 valence electrons. The third-order valence-corrected chi connectivity index (χ3v) is 3.84. The zero-order chi connectivity index (χ0) is 16.7. The van der Waals surface area contributed by atoms with Crippen LogP contribution in [0, 0.1) is 13.8 Å². The van der Waals surface area contributed by atoms with E-state index in [9.17, 15) is 4.79 Å². The summed E-state index contributed by atoms with van der Waals surface area (Å²) in [6.07, 6.45) is 0.820. The van der Waals surface area contributed by atoms with Crippen molar-refractivity contribution in [2.45, 2.75) is 20.3 Å². The van der Waals surface area contributed by atoms with Crippen molar-refractivity contribution in [2.75, 3.05) is 25.5 Å². The van der Waals surface area contributed by atoms with Crippen LogP contribution in [-0.4, -0.2) is 26.1 Å². The molecule has 4 nitrogen and oxygen atoms in total. The predicted octanol–water partition coefficient (Wildman–Crippen LogP) is 3.08. The summed E-state index contributed by atoms with van der Waals surface area (Å²) in [5, 5.41) is 6.07. The number of methoxy groups -OCH3 is 1. The lowest BCUT2D eigenvalue weighted by Gasteiger charge is -2.10. The molecule has 2 aromatic rings. The first-order valence-electron chi connectivity index (χ1n) is 7.80. The second-order valence-corrected chi connectivity index (χ2v) is 5.59. The zero-order valence-electron chi connectivity index (χ0n) is 14.0. The van der Waals surface area contributed by atoms with Gasteiger partial charge in [0.1, 0.15) is 5.75 Å². The van der Waals surface area contributed by atoms with E-state index >= 15 is 0 Å². The zero-order valence-corrected chi connectivity index (χ0v) is 14.0. The number of carbonyl (C=O) groups is 1. The summed E-state index contributed by atoms with van der Waals surface area (Å²) in [6, 6.07) is 13.9. The number of rotatable bonds is 7. The molecule has 2 aromatic carbocycles. The third kappa shape index (κ3) is 5.11. The maximum atomic E-state index is 11.9. The minimum absolute atomic E-state index is 0.0340. The van der Waals surface area contributed by atoms with Crippen LogP contribution < -0.4 is 15.4 Å². The van der Waals surface area contributed by atoms with Crippen molar-refractivity contribution in [3.63, 3.8) is 0 Å². The Labute approximate surface area is 137 Å². The highest BCUT2D eigenvalue weighted by molar-refractivity contribution is 5.92. The van der Waals surface area contributed by atoms with Crippen molar-refractivity contribution in [2.24, 2.45) is 0 Å². The van der Waals surface area contributed by atoms with E-state index < -0.39 is 0 Å². The first-order chi connectivity index (χ1) is 11.1. The van der Waals surface area contributed by atoms with Gasteiger partial charge in [-0.3, -0.25) is 4.79 Å². The first-order valence-corrected chi connectivity index (χ1v) is 7.80. The van der Waals surface area contributed by atoms with Gasteiger partial charge < -0.3 is 15.4 Å². The number of nitrogens with one attached hydrogen (secondary N) is 2. The Hall–Kier alpha value is -2.33. The van der Waals surface area contributed by atoms with E-state index in [1.165, 1.54) is 11.1 Å². The van der Waals surface area contributed by atoms with Crippen LogP contribution in [0.15, 0.2) is 42.5 Å². The number of ether oxygens (including phenoxy) is 1. The molecule has 0 fully saturated rings. The third-order valence-electron chi connectivity index (χ3n) is 3.84. The Kier molecular flexibility index (Phi) is 6.18. The number of benzene rings is 2. The van der Waals surface area contributed by atoms with Crippen molar-refractivity contribution in [1.82, 2.24) is 5.32 Å². The molecular weight excluding hydrogens is 288 g/mol. The van der Waals surface area contributed by atoms with E-state index in [1.807, 2.05) is 49.4 Å². The molecule has 0 radical (unpaired) electrons. The molecule has 0 aliphatic rings. The van der Waals surface area contributed by atoms with Gasteiger partial charge in [-0.25, -0.2) is 0 Å². The smallest absolute Gasteiger partial charge is 0.238 e. The molecule has 0 saturated carbocycles. The van der Waals surface area contributed by atoms with Gasteiger partial charge in [0, 0.05) is 5.69 Å². The average Bonchev–Trinajstić information content (AvgIpc) is 2.55. The van der Waals surface area contributed by atoms with Gasteiger partial charge >= 0.3 is 0 Å². The molecule has 2 N–H and O–H groups in total. The Morgan fingerprint density at radius 3 is 2.61 bits per heavy atom. The maximum absolute atomic E-state index is 11.9. The maximum Gasteiger partial charge on any atom is 0.238 e. The minimum Gasteiger partial charge on any atom is -0.496 e. The molecule has 0 atom stereocenters. The highest BCUT2D eigenvalue weighted by Crippen LogP contribution is 2.17. The molecule has 0 unspecified atom stereocenters. The summed E-state index contributed by atoms with van der Waals surface area (Å²) in [5.74, 6) is 0.849. The normalized spacial score (nSPS) is 10.4. The van der Waals surface area contributed by atoms with Crippen molar-refractivity contribution in [3.05, 3.63) is 59.2 Å². The van der Waals surface area contributed by atoms with Crippen LogP contribution in [0.4, 0.5) is 5.69 Å². The number of aryl methyl sites for hydroxylation is 2. The fourth-order valence-electron chi connectivity index (χ4n) is 2.36. The fourth-order valence-corrected chi connectivity index (χ4v) is 2.36. The number of amides is 1. The minimum atomic E-state index is -0.0340. The summed E-state index contributed by atoms with van der Waals surface area (Å²) in [5.41, 5.74) is 4.37. The molecule has 0 saturated heterocycles. The molecule has 23 heavy (non-hydrogen) atoms. The summed E-state index contributed by atoms with van der Waals surface area (Å²) in [4.78, 5) is 11.9. The molecule has 2 rings (SSSR count). The topological polar surface area (TPSA) is 50.4 Å².